The van der Waals surface area contributed by atoms with E-state index in [4.69, 9.17) is 0 Å². The Balaban J connectivity index is 0.000000810. The van der Waals surface area contributed by atoms with Crippen LogP contribution in [0, 0.1) is 0 Å². The largest absolute Gasteiger partial charge is 0.362 e. The molecule has 0 aliphatic heterocycles. The summed E-state index contributed by atoms with van der Waals surface area (Å²) in [4.78, 5) is 0. The van der Waals surface area contributed by atoms with Crippen LogP contribution in [-0.4, -0.2) is 0 Å². The van der Waals surface area contributed by atoms with E-state index in [9.17, 15) is 0 Å². The zero-order chi connectivity index (χ0) is 6.53. The van der Waals surface area contributed by atoms with E-state index in [-0.39, 0.29) is 17.1 Å². The summed E-state index contributed by atoms with van der Waals surface area (Å²) < 4.78 is 0. The Labute approximate surface area is 71.6 Å². The molecule has 0 aliphatic rings. The van der Waals surface area contributed by atoms with Gasteiger partial charge in [-0.25, -0.2) is 0 Å². The summed E-state index contributed by atoms with van der Waals surface area (Å²) in [7, 11) is 0. The van der Waals surface area contributed by atoms with Crippen molar-refractivity contribution >= 4 is 5.69 Å². The molecule has 1 nitrogen and oxygen atoms in total. The molecule has 0 atom stereocenters. The normalized spacial score (nSPS) is 7.60. The van der Waals surface area contributed by atoms with Crippen molar-refractivity contribution in [2.24, 2.45) is 0 Å². The minimum Gasteiger partial charge on any atom is -0.362 e. The first-order valence-electron chi connectivity index (χ1n) is 2.86. The van der Waals surface area contributed by atoms with E-state index in [1.165, 1.54) is 0 Å². The summed E-state index contributed by atoms with van der Waals surface area (Å²) in [6.45, 7) is 3.54. The van der Waals surface area contributed by atoms with Crippen molar-refractivity contribution in [1.29, 1.82) is 0 Å². The molecule has 0 amide bonds. The average molecular weight is 183 g/mol. The molecule has 0 unspecified atom stereocenters. The van der Waals surface area contributed by atoms with Crippen LogP contribution < -0.4 is 5.32 Å². The van der Waals surface area contributed by atoms with Crippen molar-refractivity contribution in [2.75, 3.05) is 5.32 Å². The van der Waals surface area contributed by atoms with Crippen LogP contribution in [0.25, 0.3) is 0 Å². The molecule has 0 fully saturated rings. The van der Waals surface area contributed by atoms with Gasteiger partial charge < -0.3 is 5.32 Å². The zero-order valence-corrected chi connectivity index (χ0v) is 6.41. The molecule has 0 saturated carbocycles. The van der Waals surface area contributed by atoms with Crippen molar-refractivity contribution in [3.63, 3.8) is 0 Å². The maximum atomic E-state index is 3.54. The number of anilines is 1. The molecule has 1 rings (SSSR count). The summed E-state index contributed by atoms with van der Waals surface area (Å²) >= 11 is 0. The standard InChI is InChI=1S/C8H9N.Cu/c1-2-9-8-6-4-3-5-7-8;/h2-7,9H,1H2;. The monoisotopic (exact) mass is 182 g/mol. The number of hydrogen-bond donors (Lipinski definition) is 1. The topological polar surface area (TPSA) is 12.0 Å². The Bertz CT molecular complexity index is 184. The van der Waals surface area contributed by atoms with E-state index in [0.29, 0.717) is 0 Å². The molecule has 10 heavy (non-hydrogen) atoms. The number of nitrogens with one attached hydrogen (secondary N) is 1. The van der Waals surface area contributed by atoms with Gasteiger partial charge in [-0.2, -0.15) is 0 Å². The first kappa shape index (κ1) is 9.28. The first-order chi connectivity index (χ1) is 4.43. The van der Waals surface area contributed by atoms with E-state index < -0.39 is 0 Å². The smallest absolute Gasteiger partial charge is 0.0379 e. The molecule has 2 heteroatoms. The fraction of sp³-hybridized carbons (Fsp3) is 0. The SMILES string of the molecule is C=CNc1ccccc1.[Cu]. The predicted molar refractivity (Wildman–Crippen MR) is 40.3 cm³/mol. The van der Waals surface area contributed by atoms with Crippen molar-refractivity contribution < 1.29 is 17.1 Å². The summed E-state index contributed by atoms with van der Waals surface area (Å²) in [5.41, 5.74) is 1.08. The van der Waals surface area contributed by atoms with Crippen LogP contribution in [0.1, 0.15) is 0 Å². The molecular weight excluding hydrogens is 174 g/mol. The Hall–Kier alpha value is -0.721. The molecule has 1 aromatic rings. The van der Waals surface area contributed by atoms with Crippen molar-refractivity contribution in [3.05, 3.63) is 43.1 Å². The van der Waals surface area contributed by atoms with E-state index >= 15 is 0 Å². The second-order valence-electron chi connectivity index (χ2n) is 1.71. The number of hydrogen-bond acceptors (Lipinski definition) is 1. The maximum absolute atomic E-state index is 3.54. The Kier molecular flexibility index (Phi) is 4.73. The van der Waals surface area contributed by atoms with Crippen LogP contribution in [-0.2, 0) is 17.1 Å². The average Bonchev–Trinajstić information content (AvgIpc) is 1.91. The minimum atomic E-state index is 0. The summed E-state index contributed by atoms with van der Waals surface area (Å²) in [5.74, 6) is 0. The molecule has 0 spiro atoms. The first-order valence-corrected chi connectivity index (χ1v) is 2.86. The Morgan fingerprint density at radius 1 is 1.20 bits per heavy atom. The fourth-order valence-electron chi connectivity index (χ4n) is 0.652. The van der Waals surface area contributed by atoms with Gasteiger partial charge in [-0.05, 0) is 18.3 Å². The summed E-state index contributed by atoms with van der Waals surface area (Å²) in [6, 6.07) is 9.91. The third-order valence-corrected chi connectivity index (χ3v) is 1.04. The van der Waals surface area contributed by atoms with Crippen molar-refractivity contribution in [2.45, 2.75) is 0 Å². The van der Waals surface area contributed by atoms with Crippen LogP contribution in [0.3, 0.4) is 0 Å². The Morgan fingerprint density at radius 2 is 1.80 bits per heavy atom. The van der Waals surface area contributed by atoms with Crippen LogP contribution in [0.5, 0.6) is 0 Å². The summed E-state index contributed by atoms with van der Waals surface area (Å²) in [5, 5.41) is 2.97. The number of benzene rings is 1. The van der Waals surface area contributed by atoms with Gasteiger partial charge in [-0.3, -0.25) is 0 Å². The van der Waals surface area contributed by atoms with E-state index in [0.717, 1.165) is 5.69 Å². The molecule has 1 N–H and O–H groups in total. The van der Waals surface area contributed by atoms with Crippen molar-refractivity contribution in [1.82, 2.24) is 0 Å². The zero-order valence-electron chi connectivity index (χ0n) is 5.47. The third-order valence-electron chi connectivity index (χ3n) is 1.04. The van der Waals surface area contributed by atoms with Gasteiger partial charge in [0.1, 0.15) is 0 Å². The fourth-order valence-corrected chi connectivity index (χ4v) is 0.652. The third kappa shape index (κ3) is 2.72. The second-order valence-corrected chi connectivity index (χ2v) is 1.71. The minimum absolute atomic E-state index is 0. The van der Waals surface area contributed by atoms with Gasteiger partial charge in [0.25, 0.3) is 0 Å². The van der Waals surface area contributed by atoms with Gasteiger partial charge in [0, 0.05) is 22.8 Å². The van der Waals surface area contributed by atoms with Crippen LogP contribution in [0.4, 0.5) is 5.69 Å². The predicted octanol–water partition coefficient (Wildman–Crippen LogP) is 2.24. The van der Waals surface area contributed by atoms with Gasteiger partial charge in [0.15, 0.2) is 0 Å². The summed E-state index contributed by atoms with van der Waals surface area (Å²) in [6.07, 6.45) is 1.66. The van der Waals surface area contributed by atoms with Crippen LogP contribution in [0.15, 0.2) is 43.1 Å². The molecule has 1 radical (unpaired) electrons. The van der Waals surface area contributed by atoms with Gasteiger partial charge in [0.2, 0.25) is 0 Å². The molecule has 57 valence electrons. The van der Waals surface area contributed by atoms with Gasteiger partial charge in [-0.15, -0.1) is 0 Å². The quantitative estimate of drug-likeness (QED) is 0.692. The molecule has 0 saturated heterocycles. The molecule has 0 aliphatic carbocycles. The van der Waals surface area contributed by atoms with E-state index in [1.54, 1.807) is 6.20 Å². The number of para-hydroxylation sites is 1. The molecule has 1 aromatic carbocycles. The molecular formula is C8H9CuN. The molecule has 0 heterocycles. The van der Waals surface area contributed by atoms with Gasteiger partial charge in [0.05, 0.1) is 0 Å². The maximum Gasteiger partial charge on any atom is 0.0379 e. The van der Waals surface area contributed by atoms with Gasteiger partial charge in [-0.1, -0.05) is 24.8 Å². The molecule has 0 bridgehead atoms. The van der Waals surface area contributed by atoms with Crippen LogP contribution >= 0.6 is 0 Å². The van der Waals surface area contributed by atoms with Gasteiger partial charge >= 0.3 is 0 Å². The van der Waals surface area contributed by atoms with E-state index in [2.05, 4.69) is 11.9 Å². The molecule has 0 aromatic heterocycles. The Morgan fingerprint density at radius 3 is 2.30 bits per heavy atom. The van der Waals surface area contributed by atoms with Crippen LogP contribution in [0.2, 0.25) is 0 Å². The van der Waals surface area contributed by atoms with Crippen molar-refractivity contribution in [3.8, 4) is 0 Å². The van der Waals surface area contributed by atoms with E-state index in [1.807, 2.05) is 30.3 Å². The number of rotatable bonds is 2. The second kappa shape index (κ2) is 5.10.